The summed E-state index contributed by atoms with van der Waals surface area (Å²) in [7, 11) is 1.47. The molecule has 0 bridgehead atoms. The Morgan fingerprint density at radius 3 is 2.85 bits per heavy atom. The van der Waals surface area contributed by atoms with Gasteiger partial charge < -0.3 is 19.7 Å². The van der Waals surface area contributed by atoms with Crippen LogP contribution in [0.15, 0.2) is 29.9 Å². The number of ketones is 1. The van der Waals surface area contributed by atoms with Crippen LogP contribution in [0.3, 0.4) is 0 Å². The lowest BCUT2D eigenvalue weighted by Crippen LogP contribution is -2.18. The number of carbonyl (C=O) groups is 2. The maximum atomic E-state index is 12.8. The molecule has 0 spiro atoms. The number of phenols is 1. The van der Waals surface area contributed by atoms with Crippen LogP contribution in [0.1, 0.15) is 54.4 Å². The highest BCUT2D eigenvalue weighted by molar-refractivity contribution is 5.97. The number of fused-ring (bicyclic) bond motifs is 2. The molecule has 1 saturated carbocycles. The van der Waals surface area contributed by atoms with Gasteiger partial charge in [0.25, 0.3) is 0 Å². The first-order valence-corrected chi connectivity index (χ1v) is 9.15. The van der Waals surface area contributed by atoms with Crippen molar-refractivity contribution in [1.29, 1.82) is 0 Å². The predicted octanol–water partition coefficient (Wildman–Crippen LogP) is 3.16. The normalized spacial score (nSPS) is 23.7. The van der Waals surface area contributed by atoms with Crippen molar-refractivity contribution in [3.63, 3.8) is 0 Å². The van der Waals surface area contributed by atoms with Crippen LogP contribution in [0.2, 0.25) is 0 Å². The molecular formula is C21H24O6. The average Bonchev–Trinajstić information content (AvgIpc) is 3.05. The second-order valence-electron chi connectivity index (χ2n) is 6.91. The number of hydrogen-bond acceptors (Lipinski definition) is 6. The standard InChI is InChI=1S/C21H24O6/c1-26-17-10-14-5-2-6-15(22)11-16(23)9-8-13-4-3-7-19(13)27-21(25)20(14)18(24)12-17/h2,5,8,10,12,15,19,22,24H,3-4,6-7,9,11H2,1H3/t15-,19?/m1/s1. The molecule has 2 N–H and O–H groups in total. The van der Waals surface area contributed by atoms with Gasteiger partial charge in [0, 0.05) is 18.9 Å². The van der Waals surface area contributed by atoms with E-state index in [1.54, 1.807) is 18.2 Å². The number of phenolic OH excluding ortho intramolecular Hbond substituents is 1. The summed E-state index contributed by atoms with van der Waals surface area (Å²) in [6.45, 7) is 0. The topological polar surface area (TPSA) is 93.1 Å². The Bertz CT molecular complexity index is 792. The lowest BCUT2D eigenvalue weighted by atomic mass is 10.0. The van der Waals surface area contributed by atoms with Gasteiger partial charge >= 0.3 is 5.97 Å². The molecule has 1 aliphatic carbocycles. The van der Waals surface area contributed by atoms with E-state index in [1.807, 2.05) is 6.08 Å². The van der Waals surface area contributed by atoms with Crippen molar-refractivity contribution in [3.8, 4) is 11.5 Å². The van der Waals surface area contributed by atoms with E-state index in [9.17, 15) is 19.8 Å². The fraction of sp³-hybridized carbons (Fsp3) is 0.429. The first kappa shape index (κ1) is 19.2. The molecule has 0 radical (unpaired) electrons. The van der Waals surface area contributed by atoms with E-state index in [4.69, 9.17) is 9.47 Å². The third-order valence-corrected chi connectivity index (χ3v) is 4.92. The van der Waals surface area contributed by atoms with E-state index in [2.05, 4.69) is 0 Å². The number of allylic oxidation sites excluding steroid dienone is 1. The summed E-state index contributed by atoms with van der Waals surface area (Å²) in [6.07, 6.45) is 6.84. The second kappa shape index (κ2) is 8.39. The van der Waals surface area contributed by atoms with Crippen molar-refractivity contribution in [2.45, 2.75) is 50.7 Å². The molecule has 0 saturated heterocycles. The minimum atomic E-state index is -0.788. The zero-order valence-corrected chi connectivity index (χ0v) is 15.3. The summed E-state index contributed by atoms with van der Waals surface area (Å²) < 4.78 is 10.8. The van der Waals surface area contributed by atoms with Gasteiger partial charge in [0.1, 0.15) is 28.9 Å². The SMILES string of the molecule is COc1cc(O)c2c(c1)C=CC[C@@H](O)CC(=O)CC=C1CCCC1OC2=O. The minimum Gasteiger partial charge on any atom is -0.507 e. The zero-order valence-electron chi connectivity index (χ0n) is 15.3. The Morgan fingerprint density at radius 2 is 2.07 bits per heavy atom. The molecule has 1 aromatic rings. The predicted molar refractivity (Wildman–Crippen MR) is 99.7 cm³/mol. The van der Waals surface area contributed by atoms with Crippen LogP contribution in [0, 0.1) is 0 Å². The van der Waals surface area contributed by atoms with Crippen LogP contribution in [0.25, 0.3) is 6.08 Å². The van der Waals surface area contributed by atoms with Crippen molar-refractivity contribution in [2.24, 2.45) is 0 Å². The number of methoxy groups -OCH3 is 1. The molecule has 6 heteroatoms. The van der Waals surface area contributed by atoms with Gasteiger partial charge in [-0.1, -0.05) is 18.2 Å². The molecule has 0 amide bonds. The monoisotopic (exact) mass is 372 g/mol. The highest BCUT2D eigenvalue weighted by Crippen LogP contribution is 2.33. The molecule has 3 rings (SSSR count). The van der Waals surface area contributed by atoms with Crippen molar-refractivity contribution in [1.82, 2.24) is 0 Å². The molecule has 27 heavy (non-hydrogen) atoms. The van der Waals surface area contributed by atoms with Crippen molar-refractivity contribution in [2.75, 3.05) is 7.11 Å². The lowest BCUT2D eigenvalue weighted by Gasteiger charge is -2.17. The van der Waals surface area contributed by atoms with Crippen LogP contribution in [-0.2, 0) is 9.53 Å². The number of benzene rings is 1. The number of rotatable bonds is 1. The smallest absolute Gasteiger partial charge is 0.343 e. The Kier molecular flexibility index (Phi) is 5.96. The van der Waals surface area contributed by atoms with E-state index in [0.29, 0.717) is 17.7 Å². The fourth-order valence-corrected chi connectivity index (χ4v) is 3.51. The van der Waals surface area contributed by atoms with Gasteiger partial charge in [-0.2, -0.15) is 0 Å². The first-order valence-electron chi connectivity index (χ1n) is 9.15. The number of aliphatic hydroxyl groups is 1. The van der Waals surface area contributed by atoms with Gasteiger partial charge in [0.05, 0.1) is 13.2 Å². The largest absolute Gasteiger partial charge is 0.507 e. The van der Waals surface area contributed by atoms with Crippen molar-refractivity contribution in [3.05, 3.63) is 41.0 Å². The van der Waals surface area contributed by atoms with Gasteiger partial charge in [0.2, 0.25) is 0 Å². The van der Waals surface area contributed by atoms with Gasteiger partial charge in [0.15, 0.2) is 0 Å². The van der Waals surface area contributed by atoms with Gasteiger partial charge in [-0.05, 0) is 42.9 Å². The van der Waals surface area contributed by atoms with E-state index in [1.165, 1.54) is 13.2 Å². The lowest BCUT2D eigenvalue weighted by molar-refractivity contribution is -0.120. The van der Waals surface area contributed by atoms with Crippen LogP contribution in [0.4, 0.5) is 0 Å². The second-order valence-corrected chi connectivity index (χ2v) is 6.91. The third-order valence-electron chi connectivity index (χ3n) is 4.92. The summed E-state index contributed by atoms with van der Waals surface area (Å²) in [5.74, 6) is -0.471. The maximum Gasteiger partial charge on any atom is 0.343 e. The number of esters is 1. The summed E-state index contributed by atoms with van der Waals surface area (Å²) in [6, 6.07) is 3.00. The summed E-state index contributed by atoms with van der Waals surface area (Å²) in [5.41, 5.74) is 1.44. The Balaban J connectivity index is 2.00. The quantitative estimate of drug-likeness (QED) is 0.581. The van der Waals surface area contributed by atoms with Gasteiger partial charge in [-0.15, -0.1) is 0 Å². The van der Waals surface area contributed by atoms with Crippen molar-refractivity contribution >= 4 is 17.8 Å². The molecule has 1 fully saturated rings. The summed E-state index contributed by atoms with van der Waals surface area (Å²) in [4.78, 5) is 24.8. The molecular weight excluding hydrogens is 348 g/mol. The molecule has 1 heterocycles. The number of carbonyl (C=O) groups excluding carboxylic acids is 2. The van der Waals surface area contributed by atoms with Gasteiger partial charge in [-0.25, -0.2) is 4.79 Å². The summed E-state index contributed by atoms with van der Waals surface area (Å²) >= 11 is 0. The number of aromatic hydroxyl groups is 1. The van der Waals surface area contributed by atoms with Gasteiger partial charge in [-0.3, -0.25) is 4.79 Å². The fourth-order valence-electron chi connectivity index (χ4n) is 3.51. The molecule has 1 aliphatic heterocycles. The van der Waals surface area contributed by atoms with E-state index < -0.39 is 18.2 Å². The number of ether oxygens (including phenoxy) is 2. The van der Waals surface area contributed by atoms with Crippen molar-refractivity contribution < 1.29 is 29.3 Å². The average molecular weight is 372 g/mol. The van der Waals surface area contributed by atoms with Crippen LogP contribution in [0.5, 0.6) is 11.5 Å². The van der Waals surface area contributed by atoms with Crippen LogP contribution >= 0.6 is 0 Å². The molecule has 1 unspecified atom stereocenters. The van der Waals surface area contributed by atoms with Crippen LogP contribution < -0.4 is 4.74 Å². The molecule has 144 valence electrons. The number of Topliss-reactive ketones (excluding diaryl/α,β-unsaturated/α-hetero) is 1. The Hall–Kier alpha value is -2.60. The summed E-state index contributed by atoms with van der Waals surface area (Å²) in [5, 5.41) is 20.4. The number of aliphatic hydroxyl groups excluding tert-OH is 1. The van der Waals surface area contributed by atoms with E-state index in [-0.39, 0.29) is 36.4 Å². The third kappa shape index (κ3) is 4.57. The molecule has 1 aromatic carbocycles. The zero-order chi connectivity index (χ0) is 19.4. The first-order chi connectivity index (χ1) is 13.0. The highest BCUT2D eigenvalue weighted by atomic mass is 16.5. The highest BCUT2D eigenvalue weighted by Gasteiger charge is 2.28. The minimum absolute atomic E-state index is 0.0443. The number of hydrogen-bond donors (Lipinski definition) is 2. The van der Waals surface area contributed by atoms with E-state index >= 15 is 0 Å². The Labute approximate surface area is 158 Å². The molecule has 2 aliphatic rings. The molecule has 2 atom stereocenters. The Morgan fingerprint density at radius 1 is 1.26 bits per heavy atom. The van der Waals surface area contributed by atoms with E-state index in [0.717, 1.165) is 18.4 Å². The molecule has 0 aromatic heterocycles. The molecule has 6 nitrogen and oxygen atoms in total. The van der Waals surface area contributed by atoms with Crippen LogP contribution in [-0.4, -0.2) is 41.3 Å². The maximum absolute atomic E-state index is 12.8.